The highest BCUT2D eigenvalue weighted by atomic mass is 16.5. The van der Waals surface area contributed by atoms with E-state index in [9.17, 15) is 4.79 Å². The van der Waals surface area contributed by atoms with Crippen molar-refractivity contribution in [2.75, 3.05) is 0 Å². The molecule has 0 saturated heterocycles. The fourth-order valence-corrected chi connectivity index (χ4v) is 2.38. The van der Waals surface area contributed by atoms with Crippen LogP contribution in [0.5, 0.6) is 5.75 Å². The molecule has 0 unspecified atom stereocenters. The normalized spacial score (nSPS) is 10.5. The Labute approximate surface area is 130 Å². The molecule has 1 heterocycles. The number of rotatable bonds is 5. The first-order chi connectivity index (χ1) is 10.6. The molecule has 0 N–H and O–H groups in total. The summed E-state index contributed by atoms with van der Waals surface area (Å²) in [6, 6.07) is 13.0. The van der Waals surface area contributed by atoms with Gasteiger partial charge < -0.3 is 9.30 Å². The van der Waals surface area contributed by atoms with Gasteiger partial charge in [0, 0.05) is 12.1 Å². The molecule has 0 spiro atoms. The number of ether oxygens (including phenoxy) is 1. The van der Waals surface area contributed by atoms with E-state index in [0.717, 1.165) is 23.4 Å². The molecule has 0 fully saturated rings. The fraction of sp³-hybridized carbons (Fsp3) is 0.333. The van der Waals surface area contributed by atoms with E-state index in [4.69, 9.17) is 10.00 Å². The maximum atomic E-state index is 12.4. The minimum atomic E-state index is -0.249. The third kappa shape index (κ3) is 3.20. The van der Waals surface area contributed by atoms with Gasteiger partial charge in [-0.15, -0.1) is 0 Å². The summed E-state index contributed by atoms with van der Waals surface area (Å²) in [7, 11) is 0. The standard InChI is InChI=1S/C18H20N2O2/c1-4-11-20-16(10-9-14(12-19)18(20)21)15-7-5-6-8-17(15)22-13(2)3/h5-10,13H,4,11H2,1-3H3. The molecule has 4 nitrogen and oxygen atoms in total. The molecular weight excluding hydrogens is 276 g/mol. The van der Waals surface area contributed by atoms with Crippen molar-refractivity contribution in [3.05, 3.63) is 52.3 Å². The number of hydrogen-bond donors (Lipinski definition) is 0. The number of benzene rings is 1. The van der Waals surface area contributed by atoms with E-state index in [2.05, 4.69) is 0 Å². The monoisotopic (exact) mass is 296 g/mol. The molecule has 0 atom stereocenters. The number of pyridine rings is 1. The summed E-state index contributed by atoms with van der Waals surface area (Å²) in [5.41, 5.74) is 1.56. The van der Waals surface area contributed by atoms with Crippen LogP contribution in [0.2, 0.25) is 0 Å². The summed E-state index contributed by atoms with van der Waals surface area (Å²) in [6.07, 6.45) is 0.862. The van der Waals surface area contributed by atoms with Crippen molar-refractivity contribution < 1.29 is 4.74 Å². The van der Waals surface area contributed by atoms with E-state index >= 15 is 0 Å². The molecule has 2 rings (SSSR count). The van der Waals surface area contributed by atoms with Crippen molar-refractivity contribution in [3.8, 4) is 23.1 Å². The summed E-state index contributed by atoms with van der Waals surface area (Å²) in [5.74, 6) is 0.742. The minimum Gasteiger partial charge on any atom is -0.490 e. The molecule has 0 aliphatic heterocycles. The molecule has 114 valence electrons. The minimum absolute atomic E-state index is 0.0471. The van der Waals surface area contributed by atoms with Crippen LogP contribution in [0.1, 0.15) is 32.8 Å². The third-order valence-electron chi connectivity index (χ3n) is 3.27. The Bertz CT molecular complexity index is 754. The molecule has 0 amide bonds. The Kier molecular flexibility index (Phi) is 5.00. The SMILES string of the molecule is CCCn1c(-c2ccccc2OC(C)C)ccc(C#N)c1=O. The molecule has 0 saturated carbocycles. The first kappa shape index (κ1) is 15.8. The van der Waals surface area contributed by atoms with E-state index in [1.807, 2.05) is 57.2 Å². The predicted molar refractivity (Wildman–Crippen MR) is 86.9 cm³/mol. The summed E-state index contributed by atoms with van der Waals surface area (Å²) in [4.78, 5) is 12.4. The average molecular weight is 296 g/mol. The van der Waals surface area contributed by atoms with E-state index < -0.39 is 0 Å². The number of nitriles is 1. The van der Waals surface area contributed by atoms with Crippen LogP contribution in [0.15, 0.2) is 41.2 Å². The third-order valence-corrected chi connectivity index (χ3v) is 3.27. The molecule has 0 radical (unpaired) electrons. The fourth-order valence-electron chi connectivity index (χ4n) is 2.38. The molecule has 0 aliphatic carbocycles. The van der Waals surface area contributed by atoms with Crippen LogP contribution in [0.3, 0.4) is 0 Å². The lowest BCUT2D eigenvalue weighted by molar-refractivity contribution is 0.243. The molecule has 4 heteroatoms. The topological polar surface area (TPSA) is 55.0 Å². The van der Waals surface area contributed by atoms with Gasteiger partial charge in [-0.1, -0.05) is 19.1 Å². The predicted octanol–water partition coefficient (Wildman–Crippen LogP) is 3.58. The van der Waals surface area contributed by atoms with Gasteiger partial charge in [0.25, 0.3) is 5.56 Å². The molecule has 0 aliphatic rings. The Hall–Kier alpha value is -2.54. The maximum Gasteiger partial charge on any atom is 0.268 e. The molecular formula is C18H20N2O2. The van der Waals surface area contributed by atoms with Gasteiger partial charge in [-0.05, 0) is 44.5 Å². The van der Waals surface area contributed by atoms with Crippen molar-refractivity contribution in [1.82, 2.24) is 4.57 Å². The van der Waals surface area contributed by atoms with Gasteiger partial charge in [0.1, 0.15) is 17.4 Å². The van der Waals surface area contributed by atoms with E-state index in [-0.39, 0.29) is 17.2 Å². The summed E-state index contributed by atoms with van der Waals surface area (Å²) >= 11 is 0. The summed E-state index contributed by atoms with van der Waals surface area (Å²) in [5, 5.41) is 9.06. The Balaban J connectivity index is 2.65. The smallest absolute Gasteiger partial charge is 0.268 e. The van der Waals surface area contributed by atoms with Crippen LogP contribution in [-0.4, -0.2) is 10.7 Å². The van der Waals surface area contributed by atoms with Crippen LogP contribution in [0.4, 0.5) is 0 Å². The first-order valence-corrected chi connectivity index (χ1v) is 7.48. The molecule has 1 aromatic heterocycles. The molecule has 1 aromatic carbocycles. The second-order valence-corrected chi connectivity index (χ2v) is 5.36. The number of aromatic nitrogens is 1. The van der Waals surface area contributed by atoms with Crippen LogP contribution >= 0.6 is 0 Å². The van der Waals surface area contributed by atoms with Crippen molar-refractivity contribution in [2.45, 2.75) is 39.8 Å². The summed E-state index contributed by atoms with van der Waals surface area (Å²) in [6.45, 7) is 6.51. The highest BCUT2D eigenvalue weighted by molar-refractivity contribution is 5.68. The van der Waals surface area contributed by atoms with Gasteiger partial charge in [0.05, 0.1) is 11.8 Å². The zero-order chi connectivity index (χ0) is 16.1. The Morgan fingerprint density at radius 2 is 1.95 bits per heavy atom. The van der Waals surface area contributed by atoms with Gasteiger partial charge >= 0.3 is 0 Å². The molecule has 0 bridgehead atoms. The van der Waals surface area contributed by atoms with Gasteiger partial charge in [0.2, 0.25) is 0 Å². The van der Waals surface area contributed by atoms with Gasteiger partial charge in [-0.3, -0.25) is 4.79 Å². The molecule has 2 aromatic rings. The summed E-state index contributed by atoms with van der Waals surface area (Å²) < 4.78 is 7.50. The molecule has 22 heavy (non-hydrogen) atoms. The van der Waals surface area contributed by atoms with Crippen molar-refractivity contribution in [2.24, 2.45) is 0 Å². The lowest BCUT2D eigenvalue weighted by atomic mass is 10.1. The maximum absolute atomic E-state index is 12.4. The van der Waals surface area contributed by atoms with Crippen LogP contribution < -0.4 is 10.3 Å². The zero-order valence-corrected chi connectivity index (χ0v) is 13.2. The second kappa shape index (κ2) is 6.95. The second-order valence-electron chi connectivity index (χ2n) is 5.36. The van der Waals surface area contributed by atoms with Crippen LogP contribution in [0.25, 0.3) is 11.3 Å². The Morgan fingerprint density at radius 1 is 1.23 bits per heavy atom. The van der Waals surface area contributed by atoms with E-state index in [1.165, 1.54) is 0 Å². The van der Waals surface area contributed by atoms with Gasteiger partial charge in [-0.2, -0.15) is 5.26 Å². The highest BCUT2D eigenvalue weighted by Gasteiger charge is 2.14. The van der Waals surface area contributed by atoms with Crippen LogP contribution in [-0.2, 0) is 6.54 Å². The van der Waals surface area contributed by atoms with Gasteiger partial charge in [0.15, 0.2) is 0 Å². The lowest BCUT2D eigenvalue weighted by Crippen LogP contribution is -2.24. The average Bonchev–Trinajstić information content (AvgIpc) is 2.49. The zero-order valence-electron chi connectivity index (χ0n) is 13.2. The van der Waals surface area contributed by atoms with E-state index in [1.54, 1.807) is 10.6 Å². The van der Waals surface area contributed by atoms with Crippen LogP contribution in [0, 0.1) is 11.3 Å². The van der Waals surface area contributed by atoms with Gasteiger partial charge in [-0.25, -0.2) is 0 Å². The first-order valence-electron chi connectivity index (χ1n) is 7.48. The van der Waals surface area contributed by atoms with Crippen molar-refractivity contribution in [3.63, 3.8) is 0 Å². The largest absolute Gasteiger partial charge is 0.490 e. The highest BCUT2D eigenvalue weighted by Crippen LogP contribution is 2.30. The number of para-hydroxylation sites is 1. The number of nitrogens with zero attached hydrogens (tertiary/aromatic N) is 2. The Morgan fingerprint density at radius 3 is 2.59 bits per heavy atom. The van der Waals surface area contributed by atoms with Crippen molar-refractivity contribution in [1.29, 1.82) is 5.26 Å². The quantitative estimate of drug-likeness (QED) is 0.847. The van der Waals surface area contributed by atoms with E-state index in [0.29, 0.717) is 6.54 Å². The van der Waals surface area contributed by atoms with Crippen molar-refractivity contribution >= 4 is 0 Å². The number of hydrogen-bond acceptors (Lipinski definition) is 3. The lowest BCUT2D eigenvalue weighted by Gasteiger charge is -2.17.